The van der Waals surface area contributed by atoms with Crippen LogP contribution in [0.25, 0.3) is 10.9 Å². The largest absolute Gasteiger partial charge is 0.493 e. The second kappa shape index (κ2) is 8.69. The van der Waals surface area contributed by atoms with Gasteiger partial charge in [0.25, 0.3) is 0 Å². The summed E-state index contributed by atoms with van der Waals surface area (Å²) in [7, 11) is 0. The number of hydrogen-bond donors (Lipinski definition) is 1. The Hall–Kier alpha value is -3.15. The molecule has 28 heavy (non-hydrogen) atoms. The average Bonchev–Trinajstić information content (AvgIpc) is 2.94. The van der Waals surface area contributed by atoms with Gasteiger partial charge in [-0.05, 0) is 44.0 Å². The second-order valence-electron chi connectivity index (χ2n) is 6.85. The van der Waals surface area contributed by atoms with Crippen molar-refractivity contribution in [1.82, 2.24) is 4.57 Å². The molecular weight excluding hydrogens is 354 g/mol. The van der Waals surface area contributed by atoms with Gasteiger partial charge in [-0.1, -0.05) is 43.2 Å². The van der Waals surface area contributed by atoms with Crippen molar-refractivity contribution < 1.29 is 14.6 Å². The van der Waals surface area contributed by atoms with E-state index < -0.39 is 5.91 Å². The maximum Gasteiger partial charge on any atom is 0.302 e. The number of aromatic hydroxyl groups is 1. The van der Waals surface area contributed by atoms with Gasteiger partial charge >= 0.3 is 5.91 Å². The van der Waals surface area contributed by atoms with Crippen molar-refractivity contribution >= 4 is 22.5 Å². The van der Waals surface area contributed by atoms with Gasteiger partial charge in [-0.3, -0.25) is 4.79 Å². The molecule has 0 saturated carbocycles. The number of amides is 1. The summed E-state index contributed by atoms with van der Waals surface area (Å²) in [4.78, 5) is 12.1. The first-order valence-corrected chi connectivity index (χ1v) is 9.46. The summed E-state index contributed by atoms with van der Waals surface area (Å²) in [6.45, 7) is 6.46. The summed E-state index contributed by atoms with van der Waals surface area (Å²) in [5.41, 5.74) is 3.19. The van der Waals surface area contributed by atoms with Crippen molar-refractivity contribution in [3.05, 3.63) is 53.6 Å². The van der Waals surface area contributed by atoms with E-state index in [9.17, 15) is 9.90 Å². The number of benzene rings is 2. The molecule has 0 spiro atoms. The fourth-order valence-electron chi connectivity index (χ4n) is 3.07. The molecule has 1 N–H and O–H groups in total. The van der Waals surface area contributed by atoms with Crippen LogP contribution in [0.1, 0.15) is 30.9 Å². The fourth-order valence-corrected chi connectivity index (χ4v) is 3.07. The van der Waals surface area contributed by atoms with Crippen molar-refractivity contribution in [2.24, 2.45) is 10.2 Å². The predicted octanol–water partition coefficient (Wildman–Crippen LogP) is 5.45. The van der Waals surface area contributed by atoms with Crippen LogP contribution in [0.2, 0.25) is 0 Å². The maximum absolute atomic E-state index is 12.1. The smallest absolute Gasteiger partial charge is 0.302 e. The lowest BCUT2D eigenvalue weighted by Gasteiger charge is -2.05. The number of unbranched alkanes of at least 4 members (excludes halogenated alkanes) is 1. The first kappa shape index (κ1) is 19.6. The van der Waals surface area contributed by atoms with Crippen LogP contribution in [0.15, 0.2) is 52.7 Å². The molecule has 1 heterocycles. The molecule has 146 valence electrons. The molecule has 2 aromatic carbocycles. The summed E-state index contributed by atoms with van der Waals surface area (Å²) < 4.78 is 7.33. The Bertz CT molecular complexity index is 1020. The Morgan fingerprint density at radius 2 is 1.96 bits per heavy atom. The quantitative estimate of drug-likeness (QED) is 0.554. The molecule has 0 aliphatic carbocycles. The molecule has 1 amide bonds. The lowest BCUT2D eigenvalue weighted by molar-refractivity contribution is -0.120. The van der Waals surface area contributed by atoms with Crippen molar-refractivity contribution in [2.75, 3.05) is 6.61 Å². The van der Waals surface area contributed by atoms with Crippen LogP contribution in [0.5, 0.6) is 11.6 Å². The van der Waals surface area contributed by atoms with Crippen LogP contribution in [0, 0.1) is 13.8 Å². The van der Waals surface area contributed by atoms with Gasteiger partial charge in [0.1, 0.15) is 5.75 Å². The van der Waals surface area contributed by atoms with E-state index >= 15 is 0 Å². The van der Waals surface area contributed by atoms with Gasteiger partial charge in [0, 0.05) is 11.9 Å². The average molecular weight is 379 g/mol. The number of azo groups is 1. The lowest BCUT2D eigenvalue weighted by atomic mass is 10.1. The molecule has 6 heteroatoms. The highest BCUT2D eigenvalue weighted by atomic mass is 16.5. The van der Waals surface area contributed by atoms with E-state index in [4.69, 9.17) is 4.74 Å². The number of ether oxygens (including phenoxy) is 1. The van der Waals surface area contributed by atoms with E-state index in [1.807, 2.05) is 54.8 Å². The van der Waals surface area contributed by atoms with Gasteiger partial charge in [0.05, 0.1) is 5.52 Å². The zero-order valence-electron chi connectivity index (χ0n) is 16.5. The minimum Gasteiger partial charge on any atom is -0.493 e. The molecular formula is C22H25N3O3. The molecule has 0 unspecified atom stereocenters. The topological polar surface area (TPSA) is 76.2 Å². The normalized spacial score (nSPS) is 11.4. The Morgan fingerprint density at radius 3 is 2.71 bits per heavy atom. The summed E-state index contributed by atoms with van der Waals surface area (Å²) in [6, 6.07) is 13.4. The third kappa shape index (κ3) is 4.22. The van der Waals surface area contributed by atoms with Gasteiger partial charge < -0.3 is 14.4 Å². The van der Waals surface area contributed by atoms with Crippen LogP contribution < -0.4 is 4.74 Å². The molecule has 3 aromatic rings. The first-order chi connectivity index (χ1) is 13.5. The third-order valence-corrected chi connectivity index (χ3v) is 4.61. The third-order valence-electron chi connectivity index (χ3n) is 4.61. The number of fused-ring (bicyclic) bond motifs is 1. The number of carbonyl (C=O) groups is 1. The molecule has 6 nitrogen and oxygen atoms in total. The molecule has 0 aliphatic heterocycles. The number of nitrogens with zero attached hydrogens (tertiary/aromatic N) is 3. The van der Waals surface area contributed by atoms with Crippen LogP contribution in [0.3, 0.4) is 0 Å². The predicted molar refractivity (Wildman–Crippen MR) is 109 cm³/mol. The van der Waals surface area contributed by atoms with Gasteiger partial charge in [-0.2, -0.15) is 0 Å². The summed E-state index contributed by atoms with van der Waals surface area (Å²) in [5.74, 6) is 0.163. The molecule has 0 saturated heterocycles. The Balaban J connectivity index is 1.82. The number of para-hydroxylation sites is 1. The minimum atomic E-state index is -0.509. The van der Waals surface area contributed by atoms with Crippen molar-refractivity contribution in [1.29, 1.82) is 0 Å². The monoisotopic (exact) mass is 379 g/mol. The van der Waals surface area contributed by atoms with E-state index in [1.165, 1.54) is 0 Å². The highest BCUT2D eigenvalue weighted by molar-refractivity contribution is 5.95. The Morgan fingerprint density at radius 1 is 1.18 bits per heavy atom. The Labute approximate surface area is 164 Å². The first-order valence-electron chi connectivity index (χ1n) is 9.46. The zero-order chi connectivity index (χ0) is 20.1. The SMILES string of the molecule is CCCCn1c(O)c(N=NC(=O)COc2ccccc2C)c2cc(C)ccc21. The molecule has 0 fully saturated rings. The number of hydrogen-bond acceptors (Lipinski definition) is 4. The molecule has 0 atom stereocenters. The number of aryl methyl sites for hydroxylation is 3. The molecule has 0 radical (unpaired) electrons. The van der Waals surface area contributed by atoms with Gasteiger partial charge in [-0.15, -0.1) is 10.2 Å². The highest BCUT2D eigenvalue weighted by Crippen LogP contribution is 2.39. The van der Waals surface area contributed by atoms with Gasteiger partial charge in [0.15, 0.2) is 12.3 Å². The van der Waals surface area contributed by atoms with E-state index in [1.54, 1.807) is 6.07 Å². The fraction of sp³-hybridized carbons (Fsp3) is 0.318. The molecule has 1 aromatic heterocycles. The van der Waals surface area contributed by atoms with Gasteiger partial charge in [-0.25, -0.2) is 0 Å². The summed E-state index contributed by atoms with van der Waals surface area (Å²) >= 11 is 0. The van der Waals surface area contributed by atoms with Crippen molar-refractivity contribution in [3.8, 4) is 11.6 Å². The zero-order valence-corrected chi connectivity index (χ0v) is 16.5. The van der Waals surface area contributed by atoms with Crippen LogP contribution in [-0.4, -0.2) is 22.2 Å². The molecule has 0 bridgehead atoms. The van der Waals surface area contributed by atoms with Crippen molar-refractivity contribution in [2.45, 2.75) is 40.2 Å². The van der Waals surface area contributed by atoms with E-state index in [0.29, 0.717) is 18.0 Å². The number of aromatic nitrogens is 1. The maximum atomic E-state index is 12.1. The summed E-state index contributed by atoms with van der Waals surface area (Å²) in [6.07, 6.45) is 1.95. The molecule has 3 rings (SSSR count). The van der Waals surface area contributed by atoms with Crippen LogP contribution in [0.4, 0.5) is 5.69 Å². The standard InChI is InChI=1S/C22H25N3O3/c1-4-5-12-25-18-11-10-15(2)13-17(18)21(22(25)27)24-23-20(26)14-28-19-9-7-6-8-16(19)3/h6-11,13,27H,4-5,12,14H2,1-3H3. The highest BCUT2D eigenvalue weighted by Gasteiger charge is 2.17. The number of rotatable bonds is 7. The van der Waals surface area contributed by atoms with E-state index in [-0.39, 0.29) is 12.5 Å². The van der Waals surface area contributed by atoms with Gasteiger partial charge in [0.2, 0.25) is 5.88 Å². The van der Waals surface area contributed by atoms with E-state index in [0.717, 1.165) is 34.9 Å². The van der Waals surface area contributed by atoms with Crippen LogP contribution in [-0.2, 0) is 11.3 Å². The second-order valence-corrected chi connectivity index (χ2v) is 6.85. The minimum absolute atomic E-state index is 0.0328. The Kier molecular flexibility index (Phi) is 6.09. The lowest BCUT2D eigenvalue weighted by Crippen LogP contribution is -2.08. The van der Waals surface area contributed by atoms with Crippen molar-refractivity contribution in [3.63, 3.8) is 0 Å². The van der Waals surface area contributed by atoms with Crippen LogP contribution >= 0.6 is 0 Å². The van der Waals surface area contributed by atoms with E-state index in [2.05, 4.69) is 17.2 Å². The summed E-state index contributed by atoms with van der Waals surface area (Å²) in [5, 5.41) is 19.3. The number of carbonyl (C=O) groups excluding carboxylic acids is 1. The molecule has 0 aliphatic rings.